The van der Waals surface area contributed by atoms with Crippen LogP contribution < -0.4 is 11.1 Å². The largest absolute Gasteiger partial charge is 0.465 e. The number of nitrogens with zero attached hydrogens (tertiary/aromatic N) is 3. The van der Waals surface area contributed by atoms with Crippen LogP contribution in [0, 0.1) is 5.82 Å². The first-order valence-electron chi connectivity index (χ1n) is 8.01. The van der Waals surface area contributed by atoms with Crippen molar-refractivity contribution in [3.05, 3.63) is 30.1 Å². The lowest BCUT2D eigenvalue weighted by molar-refractivity contribution is -0.139. The van der Waals surface area contributed by atoms with Crippen LogP contribution in [-0.2, 0) is 14.3 Å². The molecule has 3 N–H and O–H groups in total. The monoisotopic (exact) mass is 381 g/mol. The van der Waals surface area contributed by atoms with E-state index in [0.717, 1.165) is 11.8 Å². The van der Waals surface area contributed by atoms with Gasteiger partial charge in [0.15, 0.2) is 5.16 Å². The fourth-order valence-electron chi connectivity index (χ4n) is 2.25. The molecule has 8 nitrogen and oxygen atoms in total. The van der Waals surface area contributed by atoms with Crippen molar-refractivity contribution in [1.82, 2.24) is 14.8 Å². The molecule has 1 heterocycles. The number of thioether (sulfide) groups is 1. The Bertz CT molecular complexity index is 766. The van der Waals surface area contributed by atoms with Gasteiger partial charge in [-0.3, -0.25) is 14.2 Å². The molecule has 0 saturated heterocycles. The normalized spacial score (nSPS) is 11.8. The first-order valence-corrected chi connectivity index (χ1v) is 9.00. The Morgan fingerprint density at radius 1 is 1.31 bits per heavy atom. The van der Waals surface area contributed by atoms with Gasteiger partial charge in [0.25, 0.3) is 0 Å². The molecule has 140 valence electrons. The summed E-state index contributed by atoms with van der Waals surface area (Å²) in [4.78, 5) is 24.2. The van der Waals surface area contributed by atoms with Crippen molar-refractivity contribution >= 4 is 35.3 Å². The average Bonchev–Trinajstić information content (AvgIpc) is 2.97. The molecule has 0 bridgehead atoms. The number of esters is 1. The van der Waals surface area contributed by atoms with E-state index in [4.69, 9.17) is 10.5 Å². The Morgan fingerprint density at radius 2 is 2.00 bits per heavy atom. The van der Waals surface area contributed by atoms with Crippen LogP contribution >= 0.6 is 11.8 Å². The predicted octanol–water partition coefficient (Wildman–Crippen LogP) is 2.24. The molecule has 10 heteroatoms. The molecular formula is C16H20FN5O3S. The number of halogens is 1. The van der Waals surface area contributed by atoms with E-state index in [1.807, 2.05) is 6.92 Å². The lowest BCUT2D eigenvalue weighted by atomic mass is 10.2. The number of anilines is 2. The lowest BCUT2D eigenvalue weighted by Crippen LogP contribution is -2.27. The molecule has 2 rings (SSSR count). The number of aromatic nitrogens is 3. The van der Waals surface area contributed by atoms with Crippen molar-refractivity contribution in [1.29, 1.82) is 0 Å². The maximum atomic E-state index is 13.0. The van der Waals surface area contributed by atoms with Crippen molar-refractivity contribution < 1.29 is 18.7 Å². The van der Waals surface area contributed by atoms with Crippen LogP contribution in [0.4, 0.5) is 16.0 Å². The molecule has 0 radical (unpaired) electrons. The maximum Gasteiger partial charge on any atom is 0.316 e. The minimum absolute atomic E-state index is 0.0298. The Morgan fingerprint density at radius 3 is 2.62 bits per heavy atom. The molecule has 1 aromatic carbocycles. The van der Waals surface area contributed by atoms with Gasteiger partial charge in [-0.05, 0) is 37.6 Å². The molecular weight excluding hydrogens is 361 g/mol. The van der Waals surface area contributed by atoms with Gasteiger partial charge in [-0.2, -0.15) is 0 Å². The van der Waals surface area contributed by atoms with E-state index in [1.54, 1.807) is 6.92 Å². The molecule has 1 unspecified atom stereocenters. The van der Waals surface area contributed by atoms with Gasteiger partial charge < -0.3 is 15.8 Å². The molecule has 0 fully saturated rings. The van der Waals surface area contributed by atoms with E-state index in [1.165, 1.54) is 28.8 Å². The van der Waals surface area contributed by atoms with Gasteiger partial charge in [-0.15, -0.1) is 10.2 Å². The topological polar surface area (TPSA) is 112 Å². The number of hydrogen-bond acceptors (Lipinski definition) is 7. The second-order valence-electron chi connectivity index (χ2n) is 5.22. The smallest absolute Gasteiger partial charge is 0.316 e. The highest BCUT2D eigenvalue weighted by atomic mass is 32.2. The SMILES string of the molecule is CCOC(=O)CSc1nnc(N)n1C(CC)C(=O)Nc1ccc(F)cc1. The number of ether oxygens (including phenoxy) is 1. The van der Waals surface area contributed by atoms with E-state index in [-0.39, 0.29) is 24.2 Å². The molecule has 0 saturated carbocycles. The van der Waals surface area contributed by atoms with E-state index >= 15 is 0 Å². The molecule has 0 spiro atoms. The molecule has 1 atom stereocenters. The molecule has 1 amide bonds. The Labute approximate surface area is 154 Å². The summed E-state index contributed by atoms with van der Waals surface area (Å²) in [6.45, 7) is 3.82. The van der Waals surface area contributed by atoms with Gasteiger partial charge in [0, 0.05) is 5.69 Å². The standard InChI is InChI=1S/C16H20FN5O3S/c1-3-12(14(24)19-11-7-5-10(17)6-8-11)22-15(18)20-21-16(22)26-9-13(23)25-4-2/h5-8,12H,3-4,9H2,1-2H3,(H2,18,20)(H,19,24). The summed E-state index contributed by atoms with van der Waals surface area (Å²) < 4.78 is 19.3. The zero-order valence-electron chi connectivity index (χ0n) is 14.4. The molecule has 0 aliphatic rings. The molecule has 0 aliphatic carbocycles. The first-order chi connectivity index (χ1) is 12.5. The third kappa shape index (κ3) is 4.94. The number of amides is 1. The van der Waals surface area contributed by atoms with Gasteiger partial charge in [-0.1, -0.05) is 18.7 Å². The Hall–Kier alpha value is -2.62. The highest BCUT2D eigenvalue weighted by Crippen LogP contribution is 2.26. The van der Waals surface area contributed by atoms with Crippen LogP contribution in [0.1, 0.15) is 26.3 Å². The van der Waals surface area contributed by atoms with Gasteiger partial charge in [-0.25, -0.2) is 4.39 Å². The fourth-order valence-corrected chi connectivity index (χ4v) is 3.04. The molecule has 26 heavy (non-hydrogen) atoms. The quantitative estimate of drug-likeness (QED) is 0.533. The van der Waals surface area contributed by atoms with Crippen molar-refractivity contribution in [2.24, 2.45) is 0 Å². The fraction of sp³-hybridized carbons (Fsp3) is 0.375. The van der Waals surface area contributed by atoms with Crippen LogP contribution in [0.5, 0.6) is 0 Å². The van der Waals surface area contributed by atoms with E-state index in [0.29, 0.717) is 17.3 Å². The highest BCUT2D eigenvalue weighted by molar-refractivity contribution is 7.99. The summed E-state index contributed by atoms with van der Waals surface area (Å²) >= 11 is 1.09. The van der Waals surface area contributed by atoms with Crippen LogP contribution in [0.3, 0.4) is 0 Å². The van der Waals surface area contributed by atoms with Crippen molar-refractivity contribution in [2.45, 2.75) is 31.5 Å². The van der Waals surface area contributed by atoms with E-state index < -0.39 is 17.8 Å². The number of nitrogens with one attached hydrogen (secondary N) is 1. The number of benzene rings is 1. The number of rotatable bonds is 8. The van der Waals surface area contributed by atoms with Gasteiger partial charge >= 0.3 is 5.97 Å². The van der Waals surface area contributed by atoms with Crippen molar-refractivity contribution in [2.75, 3.05) is 23.4 Å². The minimum Gasteiger partial charge on any atom is -0.465 e. The molecule has 0 aliphatic heterocycles. The summed E-state index contributed by atoms with van der Waals surface area (Å²) in [6.07, 6.45) is 0.419. The van der Waals surface area contributed by atoms with Gasteiger partial charge in [0.1, 0.15) is 11.9 Å². The number of nitrogens with two attached hydrogens (primary N) is 1. The number of hydrogen-bond donors (Lipinski definition) is 2. The second kappa shape index (κ2) is 9.18. The van der Waals surface area contributed by atoms with Crippen LogP contribution in [0.15, 0.2) is 29.4 Å². The molecule has 1 aromatic heterocycles. The Balaban J connectivity index is 2.15. The summed E-state index contributed by atoms with van der Waals surface area (Å²) in [6, 6.07) is 4.76. The van der Waals surface area contributed by atoms with Crippen molar-refractivity contribution in [3.8, 4) is 0 Å². The van der Waals surface area contributed by atoms with Crippen LogP contribution in [0.25, 0.3) is 0 Å². The maximum absolute atomic E-state index is 13.0. The van der Waals surface area contributed by atoms with E-state index in [9.17, 15) is 14.0 Å². The average molecular weight is 381 g/mol. The predicted molar refractivity (Wildman–Crippen MR) is 96.1 cm³/mol. The van der Waals surface area contributed by atoms with Gasteiger partial charge in [0.2, 0.25) is 11.9 Å². The number of carbonyl (C=O) groups is 2. The first kappa shape index (κ1) is 19.7. The number of nitrogen functional groups attached to an aromatic ring is 1. The molecule has 2 aromatic rings. The number of carbonyl (C=O) groups excluding carboxylic acids is 2. The second-order valence-corrected chi connectivity index (χ2v) is 6.17. The summed E-state index contributed by atoms with van der Waals surface area (Å²) in [5, 5.41) is 10.8. The summed E-state index contributed by atoms with van der Waals surface area (Å²) in [7, 11) is 0. The summed E-state index contributed by atoms with van der Waals surface area (Å²) in [5.41, 5.74) is 6.32. The lowest BCUT2D eigenvalue weighted by Gasteiger charge is -2.19. The zero-order valence-corrected chi connectivity index (χ0v) is 15.3. The third-order valence-corrected chi connectivity index (χ3v) is 4.34. The van der Waals surface area contributed by atoms with Crippen molar-refractivity contribution in [3.63, 3.8) is 0 Å². The zero-order chi connectivity index (χ0) is 19.1. The summed E-state index contributed by atoms with van der Waals surface area (Å²) in [5.74, 6) is -1.03. The minimum atomic E-state index is -0.681. The third-order valence-electron chi connectivity index (χ3n) is 3.43. The Kier molecular flexibility index (Phi) is 6.96. The van der Waals surface area contributed by atoms with E-state index in [2.05, 4.69) is 15.5 Å². The van der Waals surface area contributed by atoms with Crippen LogP contribution in [0.2, 0.25) is 0 Å². The van der Waals surface area contributed by atoms with Crippen LogP contribution in [-0.4, -0.2) is 39.0 Å². The highest BCUT2D eigenvalue weighted by Gasteiger charge is 2.25. The van der Waals surface area contributed by atoms with Gasteiger partial charge in [0.05, 0.1) is 12.4 Å².